The largest absolute Gasteiger partial charge is 0.573 e. The monoisotopic (exact) mass is 1050 g/mol. The zero-order valence-electron chi connectivity index (χ0n) is 40.5. The first-order chi connectivity index (χ1) is 35.3. The van der Waals surface area contributed by atoms with E-state index in [9.17, 15) is 26.3 Å². The highest BCUT2D eigenvalue weighted by atomic mass is 19.4. The maximum Gasteiger partial charge on any atom is 0.573 e. The molecule has 75 heavy (non-hydrogen) atoms. The number of benzene rings is 4. The van der Waals surface area contributed by atoms with E-state index >= 15 is 0 Å². The number of nitrogens with zero attached hydrogens (tertiary/aromatic N) is 13. The minimum atomic E-state index is -4.76. The van der Waals surface area contributed by atoms with Crippen LogP contribution in [0.3, 0.4) is 0 Å². The molecular formula is C49H56F6N14O6. The fraction of sp³-hybridized carbons (Fsp3) is 0.347. The van der Waals surface area contributed by atoms with Gasteiger partial charge in [0.15, 0.2) is 0 Å². The van der Waals surface area contributed by atoms with Crippen molar-refractivity contribution in [3.63, 3.8) is 0 Å². The Morgan fingerprint density at radius 1 is 0.653 bits per heavy atom. The maximum atomic E-state index is 12.4. The second-order valence-corrected chi connectivity index (χ2v) is 16.6. The number of amidine groups is 1. The number of anilines is 2. The first-order valence-electron chi connectivity index (χ1n) is 22.7. The van der Waals surface area contributed by atoms with Crippen LogP contribution in [0.5, 0.6) is 11.5 Å². The van der Waals surface area contributed by atoms with Gasteiger partial charge >= 0.3 is 18.9 Å². The van der Waals surface area contributed by atoms with Crippen molar-refractivity contribution in [1.82, 2.24) is 49.5 Å². The number of aromatic nitrogens is 8. The SMILES string of the molecule is C.Cc1nc(-c2noc(-c3ccc(OC(F)(F)F)cc3)n2)nn1Cc1cccc(N2CCN(C)CC2)c1.Cc1nc(/C(N)=N/O)nn1Cc1cccc(N2CCN(C)CC2)c1.FC(F)(F)Oc1ccccc1.O=C=O. The summed E-state index contributed by atoms with van der Waals surface area (Å²) in [6.45, 7) is 13.1. The molecule has 20 nitrogen and oxygen atoms in total. The van der Waals surface area contributed by atoms with Crippen molar-refractivity contribution in [3.05, 3.63) is 132 Å². The standard InChI is InChI=1S/C24H24F3N7O2.C16H23N7O.C7H5F3O.CO2.CH4/c1-16-28-21(22-29-23(36-31-22)18-6-8-20(9-7-18)35-24(25,26)27)30-34(16)15-17-4-3-5-19(14-17)33-12-10-32(2)11-13-33;1-12-18-16(15(17)20-24)19-23(12)11-13-4-3-5-14(10-13)22-8-6-21(2)7-9-22;8-7(9,10)11-6-4-2-1-3-5-6;2-1-3;/h3-9,14H,10-13,15H2,1-2H3;3-5,10,24H,6-9,11H2,1-2H3,(H2,17,20);1-5H;;1H4. The van der Waals surface area contributed by atoms with Gasteiger partial charge < -0.3 is 44.5 Å². The van der Waals surface area contributed by atoms with Crippen LogP contribution in [0.4, 0.5) is 37.7 Å². The van der Waals surface area contributed by atoms with E-state index in [1.165, 1.54) is 59.9 Å². The Labute approximate surface area is 427 Å². The predicted molar refractivity (Wildman–Crippen MR) is 263 cm³/mol. The van der Waals surface area contributed by atoms with Crippen molar-refractivity contribution in [2.75, 3.05) is 76.3 Å². The molecule has 0 radical (unpaired) electrons. The molecule has 0 aliphatic carbocycles. The molecule has 2 fully saturated rings. The number of para-hydroxylation sites is 1. The molecule has 0 amide bonds. The van der Waals surface area contributed by atoms with Gasteiger partial charge in [-0.05, 0) is 99.7 Å². The Hall–Kier alpha value is -8.35. The number of oxime groups is 1. The summed E-state index contributed by atoms with van der Waals surface area (Å²) < 4.78 is 88.0. The van der Waals surface area contributed by atoms with Gasteiger partial charge in [-0.1, -0.05) is 60.2 Å². The highest BCUT2D eigenvalue weighted by molar-refractivity contribution is 5.93. The van der Waals surface area contributed by atoms with Gasteiger partial charge in [0.2, 0.25) is 23.3 Å². The van der Waals surface area contributed by atoms with Crippen molar-refractivity contribution in [2.24, 2.45) is 10.9 Å². The maximum absolute atomic E-state index is 12.4. The Bertz CT molecular complexity index is 2930. The molecule has 26 heteroatoms. The number of hydrogen-bond donors (Lipinski definition) is 2. The fourth-order valence-electron chi connectivity index (χ4n) is 7.42. The van der Waals surface area contributed by atoms with Crippen LogP contribution in [0, 0.1) is 13.8 Å². The van der Waals surface area contributed by atoms with Crippen molar-refractivity contribution >= 4 is 23.4 Å². The molecular weight excluding hydrogens is 995 g/mol. The number of piperazine rings is 2. The minimum absolute atomic E-state index is 0. The van der Waals surface area contributed by atoms with Gasteiger partial charge in [-0.3, -0.25) is 0 Å². The Balaban J connectivity index is 0.000000228. The normalized spacial score (nSPS) is 14.2. The molecule has 3 N–H and O–H groups in total. The lowest BCUT2D eigenvalue weighted by Gasteiger charge is -2.34. The molecule has 400 valence electrons. The number of rotatable bonds is 11. The van der Waals surface area contributed by atoms with Crippen LogP contribution in [0.2, 0.25) is 0 Å². The third-order valence-corrected chi connectivity index (χ3v) is 11.2. The van der Waals surface area contributed by atoms with E-state index in [0.29, 0.717) is 30.3 Å². The number of alkyl halides is 6. The summed E-state index contributed by atoms with van der Waals surface area (Å²) in [4.78, 5) is 38.7. The summed E-state index contributed by atoms with van der Waals surface area (Å²) in [5.74, 6) is 1.67. The van der Waals surface area contributed by atoms with Crippen LogP contribution in [-0.4, -0.2) is 146 Å². The summed E-state index contributed by atoms with van der Waals surface area (Å²) in [7, 11) is 4.29. The zero-order chi connectivity index (χ0) is 53.4. The molecule has 2 aliphatic rings. The van der Waals surface area contributed by atoms with Crippen LogP contribution in [0.15, 0.2) is 113 Å². The second-order valence-electron chi connectivity index (χ2n) is 16.6. The second kappa shape index (κ2) is 26.6. The number of carbonyl (C=O) groups excluding carboxylic acids is 2. The molecule has 0 unspecified atom stereocenters. The van der Waals surface area contributed by atoms with E-state index in [1.807, 2.05) is 19.9 Å². The molecule has 0 saturated carbocycles. The molecule has 4 aromatic carbocycles. The molecule has 0 spiro atoms. The van der Waals surface area contributed by atoms with Crippen LogP contribution >= 0.6 is 0 Å². The molecule has 7 aromatic rings. The fourth-order valence-corrected chi connectivity index (χ4v) is 7.42. The average molecular weight is 1050 g/mol. The Kier molecular flexibility index (Phi) is 20.4. The van der Waals surface area contributed by atoms with Crippen molar-refractivity contribution < 1.29 is 55.1 Å². The van der Waals surface area contributed by atoms with Gasteiger partial charge in [-0.2, -0.15) is 14.6 Å². The van der Waals surface area contributed by atoms with Gasteiger partial charge in [-0.25, -0.2) is 19.3 Å². The summed E-state index contributed by atoms with van der Waals surface area (Å²) in [6, 6.07) is 29.1. The van der Waals surface area contributed by atoms with E-state index in [2.05, 4.69) is 121 Å². The van der Waals surface area contributed by atoms with Crippen LogP contribution in [0.25, 0.3) is 23.1 Å². The summed E-state index contributed by atoms with van der Waals surface area (Å²) in [6.07, 6.45) is -9.10. The number of ether oxygens (including phenoxy) is 2. The zero-order valence-corrected chi connectivity index (χ0v) is 40.5. The van der Waals surface area contributed by atoms with E-state index in [0.717, 1.165) is 69.3 Å². The summed E-state index contributed by atoms with van der Waals surface area (Å²) in [5, 5.41) is 24.5. The van der Waals surface area contributed by atoms with Gasteiger partial charge in [0.05, 0.1) is 13.1 Å². The van der Waals surface area contributed by atoms with Crippen LogP contribution in [-0.2, 0) is 22.7 Å². The van der Waals surface area contributed by atoms with Crippen molar-refractivity contribution in [1.29, 1.82) is 0 Å². The lowest BCUT2D eigenvalue weighted by Crippen LogP contribution is -2.44. The molecule has 5 heterocycles. The van der Waals surface area contributed by atoms with Crippen molar-refractivity contribution in [2.45, 2.75) is 47.1 Å². The lowest BCUT2D eigenvalue weighted by molar-refractivity contribution is -0.275. The van der Waals surface area contributed by atoms with E-state index in [1.54, 1.807) is 15.4 Å². The van der Waals surface area contributed by atoms with Crippen LogP contribution in [0.1, 0.15) is 36.0 Å². The number of likely N-dealkylation sites (N-methyl/N-ethyl adjacent to an activating group) is 2. The minimum Gasteiger partial charge on any atom is -0.409 e. The number of hydrogen-bond acceptors (Lipinski definition) is 17. The van der Waals surface area contributed by atoms with Gasteiger partial charge in [-0.15, -0.1) is 36.5 Å². The number of halogens is 6. The lowest BCUT2D eigenvalue weighted by atomic mass is 10.1. The van der Waals surface area contributed by atoms with Crippen LogP contribution < -0.4 is 25.0 Å². The van der Waals surface area contributed by atoms with E-state index in [-0.39, 0.29) is 48.5 Å². The number of aryl methyl sites for hydroxylation is 2. The van der Waals surface area contributed by atoms with E-state index < -0.39 is 12.7 Å². The Morgan fingerprint density at radius 3 is 1.60 bits per heavy atom. The summed E-state index contributed by atoms with van der Waals surface area (Å²) in [5.41, 5.74) is 10.7. The topological polar surface area (TPSA) is 225 Å². The first-order valence-corrected chi connectivity index (χ1v) is 22.7. The molecule has 0 atom stereocenters. The van der Waals surface area contributed by atoms with Gasteiger partial charge in [0.1, 0.15) is 23.1 Å². The molecule has 2 aliphatic heterocycles. The molecule has 3 aromatic heterocycles. The van der Waals surface area contributed by atoms with Gasteiger partial charge in [0.25, 0.3) is 5.89 Å². The quantitative estimate of drug-likeness (QED) is 0.0432. The molecule has 0 bridgehead atoms. The molecule has 9 rings (SSSR count). The molecule has 2 saturated heterocycles. The predicted octanol–water partition coefficient (Wildman–Crippen LogP) is 7.12. The van der Waals surface area contributed by atoms with E-state index in [4.69, 9.17) is 25.1 Å². The average Bonchev–Trinajstić information content (AvgIpc) is 4.11. The highest BCUT2D eigenvalue weighted by Crippen LogP contribution is 2.28. The highest BCUT2D eigenvalue weighted by Gasteiger charge is 2.32. The van der Waals surface area contributed by atoms with Crippen molar-refractivity contribution in [3.8, 4) is 34.6 Å². The first kappa shape index (κ1) is 57.5. The third-order valence-electron chi connectivity index (χ3n) is 11.2. The summed E-state index contributed by atoms with van der Waals surface area (Å²) >= 11 is 0. The third kappa shape index (κ3) is 17.7. The van der Waals surface area contributed by atoms with Gasteiger partial charge in [0, 0.05) is 69.3 Å². The smallest absolute Gasteiger partial charge is 0.409 e. The number of nitrogens with two attached hydrogens (primary N) is 1. The Morgan fingerprint density at radius 2 is 1.12 bits per heavy atom.